The third kappa shape index (κ3) is 5.56. The third-order valence-electron chi connectivity index (χ3n) is 6.23. The third-order valence-corrected chi connectivity index (χ3v) is 6.46. The van der Waals surface area contributed by atoms with E-state index in [0.717, 1.165) is 47.1 Å². The molecular weight excluding hydrogens is 505 g/mol. The van der Waals surface area contributed by atoms with Gasteiger partial charge in [0.2, 0.25) is 0 Å². The summed E-state index contributed by atoms with van der Waals surface area (Å²) >= 11 is 5.99. The Hall–Kier alpha value is -3.59. The Morgan fingerprint density at radius 1 is 1.05 bits per heavy atom. The second kappa shape index (κ2) is 10.0. The van der Waals surface area contributed by atoms with Gasteiger partial charge in [0, 0.05) is 36.1 Å². The van der Waals surface area contributed by atoms with Crippen LogP contribution in [0.3, 0.4) is 0 Å². The first-order valence-corrected chi connectivity index (χ1v) is 12.1. The molecule has 0 aliphatic heterocycles. The number of hydrogen-bond acceptors (Lipinski definition) is 5. The van der Waals surface area contributed by atoms with Gasteiger partial charge in [0.25, 0.3) is 0 Å². The molecule has 1 saturated carbocycles. The van der Waals surface area contributed by atoms with Gasteiger partial charge in [0.05, 0.1) is 29.8 Å². The molecule has 0 saturated heterocycles. The van der Waals surface area contributed by atoms with E-state index in [1.807, 2.05) is 19.1 Å². The summed E-state index contributed by atoms with van der Waals surface area (Å²) in [5, 5.41) is 0.421. The van der Waals surface area contributed by atoms with Gasteiger partial charge in [0.15, 0.2) is 0 Å². The van der Waals surface area contributed by atoms with E-state index >= 15 is 0 Å². The molecule has 1 fully saturated rings. The minimum absolute atomic E-state index is 0.0208. The fourth-order valence-electron chi connectivity index (χ4n) is 4.17. The molecule has 0 bridgehead atoms. The Morgan fingerprint density at radius 3 is 2.49 bits per heavy atom. The largest absolute Gasteiger partial charge is 0.496 e. The fourth-order valence-corrected chi connectivity index (χ4v) is 4.28. The van der Waals surface area contributed by atoms with Crippen LogP contribution in [-0.4, -0.2) is 26.6 Å². The van der Waals surface area contributed by atoms with Crippen LogP contribution in [0.1, 0.15) is 29.8 Å². The first-order chi connectivity index (χ1) is 17.7. The zero-order valence-corrected chi connectivity index (χ0v) is 21.0. The van der Waals surface area contributed by atoms with Gasteiger partial charge < -0.3 is 14.0 Å². The standard InChI is InChI=1S/C27H24ClF3N4O2/c1-16-25(35(14-17-3-4-17)26(34-16)18-5-10-24(28)33-12-18)22-9-8-21(11-23(22)36-2)37-15-20-7-6-19(13-32-20)27(29,30)31/h5-13,17H,3-4,14-15H2,1-2H3. The Balaban J connectivity index is 1.43. The van der Waals surface area contributed by atoms with Crippen LogP contribution in [0.4, 0.5) is 13.2 Å². The molecule has 0 unspecified atom stereocenters. The lowest BCUT2D eigenvalue weighted by Crippen LogP contribution is -2.07. The van der Waals surface area contributed by atoms with Gasteiger partial charge in [-0.2, -0.15) is 13.2 Å². The van der Waals surface area contributed by atoms with Crippen LogP contribution >= 0.6 is 11.6 Å². The highest BCUT2D eigenvalue weighted by Crippen LogP contribution is 2.40. The van der Waals surface area contributed by atoms with Crippen molar-refractivity contribution in [2.75, 3.05) is 7.11 Å². The topological polar surface area (TPSA) is 62.1 Å². The van der Waals surface area contributed by atoms with Crippen molar-refractivity contribution >= 4 is 11.6 Å². The van der Waals surface area contributed by atoms with Gasteiger partial charge in [-0.3, -0.25) is 4.98 Å². The molecule has 0 N–H and O–H groups in total. The van der Waals surface area contributed by atoms with E-state index in [4.69, 9.17) is 26.1 Å². The number of benzene rings is 1. The summed E-state index contributed by atoms with van der Waals surface area (Å²) in [5.41, 5.74) is 3.13. The summed E-state index contributed by atoms with van der Waals surface area (Å²) in [6, 6.07) is 11.4. The number of halogens is 4. The molecule has 0 atom stereocenters. The maximum Gasteiger partial charge on any atom is 0.417 e. The number of pyridine rings is 2. The van der Waals surface area contributed by atoms with Crippen molar-refractivity contribution in [2.24, 2.45) is 5.92 Å². The number of aromatic nitrogens is 4. The number of imidazole rings is 1. The van der Waals surface area contributed by atoms with Gasteiger partial charge in [0.1, 0.15) is 29.1 Å². The van der Waals surface area contributed by atoms with Crippen LogP contribution in [-0.2, 0) is 19.3 Å². The highest BCUT2D eigenvalue weighted by atomic mass is 35.5. The van der Waals surface area contributed by atoms with Crippen LogP contribution in [0, 0.1) is 12.8 Å². The van der Waals surface area contributed by atoms with E-state index < -0.39 is 11.7 Å². The number of alkyl halides is 3. The summed E-state index contributed by atoms with van der Waals surface area (Å²) in [6.45, 7) is 2.81. The summed E-state index contributed by atoms with van der Waals surface area (Å²) in [5.74, 6) is 2.52. The molecule has 0 amide bonds. The zero-order chi connectivity index (χ0) is 26.2. The molecule has 37 heavy (non-hydrogen) atoms. The smallest absolute Gasteiger partial charge is 0.417 e. The zero-order valence-electron chi connectivity index (χ0n) is 20.2. The van der Waals surface area contributed by atoms with Crippen molar-refractivity contribution in [3.63, 3.8) is 0 Å². The summed E-state index contributed by atoms with van der Waals surface area (Å²) in [7, 11) is 1.58. The molecule has 3 heterocycles. The number of methoxy groups -OCH3 is 1. The molecule has 4 aromatic rings. The number of aryl methyl sites for hydroxylation is 1. The van der Waals surface area contributed by atoms with Crippen LogP contribution in [0.25, 0.3) is 22.6 Å². The molecule has 1 aromatic carbocycles. The summed E-state index contributed by atoms with van der Waals surface area (Å²) in [6.07, 6.45) is 0.456. The molecule has 6 nitrogen and oxygen atoms in total. The molecule has 0 spiro atoms. The molecule has 192 valence electrons. The minimum Gasteiger partial charge on any atom is -0.496 e. The van der Waals surface area contributed by atoms with Crippen molar-refractivity contribution < 1.29 is 22.6 Å². The minimum atomic E-state index is -4.43. The fraction of sp³-hybridized carbons (Fsp3) is 0.296. The maximum absolute atomic E-state index is 12.8. The van der Waals surface area contributed by atoms with E-state index in [-0.39, 0.29) is 6.61 Å². The lowest BCUT2D eigenvalue weighted by Gasteiger charge is -2.16. The lowest BCUT2D eigenvalue weighted by atomic mass is 10.1. The van der Waals surface area contributed by atoms with Crippen molar-refractivity contribution in [2.45, 2.75) is 39.1 Å². The first kappa shape index (κ1) is 25.1. The number of rotatable bonds is 8. The Labute approximate surface area is 217 Å². The normalized spacial score (nSPS) is 13.6. The van der Waals surface area contributed by atoms with Gasteiger partial charge in [-0.1, -0.05) is 11.6 Å². The molecule has 10 heteroatoms. The Bertz CT molecular complexity index is 1400. The Morgan fingerprint density at radius 2 is 1.86 bits per heavy atom. The molecule has 3 aromatic heterocycles. The molecule has 0 radical (unpaired) electrons. The second-order valence-corrected chi connectivity index (χ2v) is 9.37. The van der Waals surface area contributed by atoms with Crippen molar-refractivity contribution in [3.05, 3.63) is 77.0 Å². The van der Waals surface area contributed by atoms with Gasteiger partial charge in [-0.05, 0) is 62.1 Å². The predicted octanol–water partition coefficient (Wildman–Crippen LogP) is 6.99. The van der Waals surface area contributed by atoms with E-state index in [1.54, 1.807) is 31.5 Å². The average Bonchev–Trinajstić information content (AvgIpc) is 3.64. The molecule has 1 aliphatic carbocycles. The predicted molar refractivity (Wildman–Crippen MR) is 133 cm³/mol. The van der Waals surface area contributed by atoms with Gasteiger partial charge >= 0.3 is 6.18 Å². The van der Waals surface area contributed by atoms with Gasteiger partial charge in [-0.25, -0.2) is 9.97 Å². The molecule has 5 rings (SSSR count). The van der Waals surface area contributed by atoms with Crippen LogP contribution in [0.2, 0.25) is 5.15 Å². The number of hydrogen-bond donors (Lipinski definition) is 0. The second-order valence-electron chi connectivity index (χ2n) is 8.98. The van der Waals surface area contributed by atoms with Crippen molar-refractivity contribution in [1.82, 2.24) is 19.5 Å². The monoisotopic (exact) mass is 528 g/mol. The van der Waals surface area contributed by atoms with Gasteiger partial charge in [-0.15, -0.1) is 0 Å². The average molecular weight is 529 g/mol. The summed E-state index contributed by atoms with van der Waals surface area (Å²) < 4.78 is 52.1. The quantitative estimate of drug-likeness (QED) is 0.231. The van der Waals surface area contributed by atoms with Crippen molar-refractivity contribution in [1.29, 1.82) is 0 Å². The van der Waals surface area contributed by atoms with Crippen LogP contribution < -0.4 is 9.47 Å². The Kier molecular flexibility index (Phi) is 6.81. The highest BCUT2D eigenvalue weighted by molar-refractivity contribution is 6.29. The maximum atomic E-state index is 12.8. The first-order valence-electron chi connectivity index (χ1n) is 11.8. The SMILES string of the molecule is COc1cc(OCc2ccc(C(F)(F)F)cn2)ccc1-c1c(C)nc(-c2ccc(Cl)nc2)n1CC1CC1. The van der Waals surface area contributed by atoms with E-state index in [9.17, 15) is 13.2 Å². The number of nitrogens with zero attached hydrogens (tertiary/aromatic N) is 4. The van der Waals surface area contributed by atoms with E-state index in [2.05, 4.69) is 14.5 Å². The molecule has 1 aliphatic rings. The summed E-state index contributed by atoms with van der Waals surface area (Å²) in [4.78, 5) is 13.0. The van der Waals surface area contributed by atoms with Crippen LogP contribution in [0.5, 0.6) is 11.5 Å². The highest BCUT2D eigenvalue weighted by Gasteiger charge is 2.31. The van der Waals surface area contributed by atoms with Crippen molar-refractivity contribution in [3.8, 4) is 34.1 Å². The van der Waals surface area contributed by atoms with Crippen LogP contribution in [0.15, 0.2) is 54.9 Å². The van der Waals surface area contributed by atoms with E-state index in [1.165, 1.54) is 18.9 Å². The van der Waals surface area contributed by atoms with E-state index in [0.29, 0.717) is 28.3 Å². The lowest BCUT2D eigenvalue weighted by molar-refractivity contribution is -0.137. The number of ether oxygens (including phenoxy) is 2. The molecular formula is C27H24ClF3N4O2.